The third kappa shape index (κ3) is 3.67. The Bertz CT molecular complexity index is 58.3. The Morgan fingerprint density at radius 1 is 2.00 bits per heavy atom. The van der Waals surface area contributed by atoms with Gasteiger partial charge in [0.2, 0.25) is 0 Å². The van der Waals surface area contributed by atoms with E-state index < -0.39 is 0 Å². The van der Waals surface area contributed by atoms with Crippen LogP contribution < -0.4 is 4.72 Å². The van der Waals surface area contributed by atoms with Crippen molar-refractivity contribution in [3.63, 3.8) is 0 Å². The fourth-order valence-electron chi connectivity index (χ4n) is 0.0657. The molecular formula is C3H5NOS. The molecule has 0 saturated carbocycles. The monoisotopic (exact) mass is 103 g/mol. The van der Waals surface area contributed by atoms with E-state index >= 15 is 0 Å². The zero-order valence-corrected chi connectivity index (χ0v) is 4.21. The second kappa shape index (κ2) is 4.67. The van der Waals surface area contributed by atoms with Crippen LogP contribution in [0.25, 0.3) is 0 Å². The van der Waals surface area contributed by atoms with Crippen molar-refractivity contribution in [2.75, 3.05) is 7.11 Å². The van der Waals surface area contributed by atoms with Crippen LogP contribution in [0.15, 0.2) is 0 Å². The Morgan fingerprint density at radius 2 is 2.67 bits per heavy atom. The largest absolute Gasteiger partial charge is 0.300 e. The van der Waals surface area contributed by atoms with Crippen molar-refractivity contribution < 1.29 is 4.18 Å². The number of rotatable bonds is 2. The van der Waals surface area contributed by atoms with E-state index in [1.165, 1.54) is 7.11 Å². The van der Waals surface area contributed by atoms with Gasteiger partial charge in [0.15, 0.2) is 0 Å². The lowest BCUT2D eigenvalue weighted by Crippen LogP contribution is -1.88. The van der Waals surface area contributed by atoms with Crippen LogP contribution in [-0.2, 0) is 4.18 Å². The molecule has 6 heavy (non-hydrogen) atoms. The lowest BCUT2D eigenvalue weighted by Gasteiger charge is -1.85. The molecule has 0 aliphatic carbocycles. The van der Waals surface area contributed by atoms with E-state index in [1.54, 1.807) is 0 Å². The first kappa shape index (κ1) is 5.67. The number of terminal acetylenes is 1. The maximum absolute atomic E-state index is 4.75. The Labute approximate surface area is 41.6 Å². The minimum atomic E-state index is 1.02. The van der Waals surface area contributed by atoms with E-state index in [1.807, 2.05) is 0 Å². The van der Waals surface area contributed by atoms with Gasteiger partial charge in [-0.15, -0.1) is 0 Å². The van der Waals surface area contributed by atoms with Crippen molar-refractivity contribution >= 4 is 12.2 Å². The maximum atomic E-state index is 4.75. The van der Waals surface area contributed by atoms with Crippen molar-refractivity contribution in [1.82, 2.24) is 4.72 Å². The van der Waals surface area contributed by atoms with Gasteiger partial charge in [0.05, 0.1) is 7.11 Å². The third-order valence-electron chi connectivity index (χ3n) is 0.184. The fourth-order valence-corrected chi connectivity index (χ4v) is 0.197. The third-order valence-corrected chi connectivity index (χ3v) is 0.552. The first-order chi connectivity index (χ1) is 2.91. The molecular weight excluding hydrogens is 98.1 g/mol. The molecule has 0 unspecified atom stereocenters. The van der Waals surface area contributed by atoms with Gasteiger partial charge in [-0.3, -0.25) is 8.91 Å². The van der Waals surface area contributed by atoms with Crippen molar-refractivity contribution in [2.45, 2.75) is 0 Å². The van der Waals surface area contributed by atoms with Gasteiger partial charge in [-0.1, -0.05) is 6.42 Å². The normalized spacial score (nSPS) is 6.67. The van der Waals surface area contributed by atoms with Gasteiger partial charge >= 0.3 is 0 Å². The van der Waals surface area contributed by atoms with E-state index in [4.69, 9.17) is 6.42 Å². The minimum Gasteiger partial charge on any atom is -0.300 e. The molecule has 0 aromatic heterocycles. The summed E-state index contributed by atoms with van der Waals surface area (Å²) < 4.78 is 6.87. The predicted octanol–water partition coefficient (Wildman–Crippen LogP) is 0.376. The smallest absolute Gasteiger partial charge is 0.119 e. The first-order valence-corrected chi connectivity index (χ1v) is 2.06. The highest BCUT2D eigenvalue weighted by Gasteiger charge is 1.67. The average Bonchev–Trinajstić information content (AvgIpc) is 1.61. The zero-order valence-electron chi connectivity index (χ0n) is 3.39. The predicted molar refractivity (Wildman–Crippen MR) is 26.6 cm³/mol. The Balaban J connectivity index is 2.54. The summed E-state index contributed by atoms with van der Waals surface area (Å²) in [4.78, 5) is 0. The Kier molecular flexibility index (Phi) is 4.41. The molecule has 0 heterocycles. The summed E-state index contributed by atoms with van der Waals surface area (Å²) in [5.41, 5.74) is 0. The van der Waals surface area contributed by atoms with Crippen molar-refractivity contribution in [3.8, 4) is 12.5 Å². The summed E-state index contributed by atoms with van der Waals surface area (Å²) in [5, 5.41) is 0. The fraction of sp³-hybridized carbons (Fsp3) is 0.333. The van der Waals surface area contributed by atoms with Crippen molar-refractivity contribution in [3.05, 3.63) is 0 Å². The molecule has 0 aromatic carbocycles. The van der Waals surface area contributed by atoms with E-state index in [2.05, 4.69) is 14.9 Å². The average molecular weight is 103 g/mol. The van der Waals surface area contributed by atoms with E-state index in [-0.39, 0.29) is 0 Å². The van der Waals surface area contributed by atoms with Crippen LogP contribution >= 0.6 is 12.2 Å². The topological polar surface area (TPSA) is 21.3 Å². The standard InChI is InChI=1S/C3H5NOS/c1-3-4-6-5-2/h1,4H,2H3. The van der Waals surface area contributed by atoms with Gasteiger partial charge in [-0.2, -0.15) is 0 Å². The van der Waals surface area contributed by atoms with Gasteiger partial charge in [0.25, 0.3) is 0 Å². The van der Waals surface area contributed by atoms with Crippen LogP contribution in [0.4, 0.5) is 0 Å². The summed E-state index contributed by atoms with van der Waals surface area (Å²) in [6, 6.07) is 2.16. The van der Waals surface area contributed by atoms with Gasteiger partial charge in [0, 0.05) is 6.04 Å². The molecule has 0 fully saturated rings. The minimum absolute atomic E-state index is 1.02. The molecule has 3 heteroatoms. The van der Waals surface area contributed by atoms with Gasteiger partial charge in [-0.05, 0) is 0 Å². The van der Waals surface area contributed by atoms with Crippen LogP contribution in [0.3, 0.4) is 0 Å². The molecule has 2 nitrogen and oxygen atoms in total. The van der Waals surface area contributed by atoms with Crippen LogP contribution in [0.5, 0.6) is 0 Å². The molecule has 1 N–H and O–H groups in total. The lowest BCUT2D eigenvalue weighted by atomic mass is 11.2. The van der Waals surface area contributed by atoms with Crippen molar-refractivity contribution in [2.24, 2.45) is 0 Å². The number of hydrogen-bond donors (Lipinski definition) is 1. The highest BCUT2D eigenvalue weighted by atomic mass is 32.2. The SMILES string of the molecule is C#CNSOC. The molecule has 0 aliphatic heterocycles. The molecule has 0 aromatic rings. The molecule has 34 valence electrons. The summed E-state index contributed by atoms with van der Waals surface area (Å²) in [6.07, 6.45) is 4.75. The summed E-state index contributed by atoms with van der Waals surface area (Å²) >= 11 is 1.02. The summed E-state index contributed by atoms with van der Waals surface area (Å²) in [5.74, 6) is 0. The molecule has 0 amide bonds. The molecule has 0 rings (SSSR count). The second-order valence-corrected chi connectivity index (χ2v) is 1.20. The van der Waals surface area contributed by atoms with Gasteiger partial charge < -0.3 is 0 Å². The summed E-state index contributed by atoms with van der Waals surface area (Å²) in [6.45, 7) is 0. The molecule has 0 saturated heterocycles. The van der Waals surface area contributed by atoms with Gasteiger partial charge in [-0.25, -0.2) is 0 Å². The van der Waals surface area contributed by atoms with Crippen LogP contribution in [0.1, 0.15) is 0 Å². The maximum Gasteiger partial charge on any atom is 0.119 e. The van der Waals surface area contributed by atoms with Crippen LogP contribution in [0.2, 0.25) is 0 Å². The van der Waals surface area contributed by atoms with Gasteiger partial charge in [0.1, 0.15) is 12.2 Å². The zero-order chi connectivity index (χ0) is 4.83. The highest BCUT2D eigenvalue weighted by Crippen LogP contribution is 1.86. The second-order valence-electron chi connectivity index (χ2n) is 0.496. The molecule has 0 bridgehead atoms. The Morgan fingerprint density at radius 3 is 2.83 bits per heavy atom. The quantitative estimate of drug-likeness (QED) is 0.179. The highest BCUT2D eigenvalue weighted by molar-refractivity contribution is 7.92. The van der Waals surface area contributed by atoms with Crippen molar-refractivity contribution in [1.29, 1.82) is 0 Å². The number of nitrogens with one attached hydrogen (secondary N) is 1. The summed E-state index contributed by atoms with van der Waals surface area (Å²) in [7, 11) is 1.54. The van der Waals surface area contributed by atoms with Crippen LogP contribution in [0, 0.1) is 12.5 Å². The molecule has 0 atom stereocenters. The molecule has 0 spiro atoms. The first-order valence-electron chi connectivity index (χ1n) is 1.32. The lowest BCUT2D eigenvalue weighted by molar-refractivity contribution is 0.487. The van der Waals surface area contributed by atoms with E-state index in [0.29, 0.717) is 0 Å². The Hall–Kier alpha value is -0.330. The van der Waals surface area contributed by atoms with Crippen LogP contribution in [-0.4, -0.2) is 7.11 Å². The van der Waals surface area contributed by atoms with E-state index in [9.17, 15) is 0 Å². The number of hydrogen-bond acceptors (Lipinski definition) is 3. The molecule has 0 aliphatic rings. The van der Waals surface area contributed by atoms with E-state index in [0.717, 1.165) is 12.2 Å². The molecule has 0 radical (unpaired) electrons.